The van der Waals surface area contributed by atoms with Crippen LogP contribution >= 0.6 is 0 Å². The number of nitrogens with zero attached hydrogens (tertiary/aromatic N) is 1. The lowest BCUT2D eigenvalue weighted by Crippen LogP contribution is -2.52. The molecule has 1 spiro atoms. The van der Waals surface area contributed by atoms with E-state index in [1.807, 2.05) is 0 Å². The van der Waals surface area contributed by atoms with Crippen LogP contribution in [0.1, 0.15) is 40.0 Å². The van der Waals surface area contributed by atoms with Gasteiger partial charge in [-0.2, -0.15) is 0 Å². The first-order chi connectivity index (χ1) is 13.0. The first-order valence-electron chi connectivity index (χ1n) is 8.95. The zero-order chi connectivity index (χ0) is 19.0. The first-order valence-corrected chi connectivity index (χ1v) is 8.95. The van der Waals surface area contributed by atoms with Crippen molar-refractivity contribution >= 4 is 11.7 Å². The molecule has 140 valence electrons. The summed E-state index contributed by atoms with van der Waals surface area (Å²) >= 11 is 0. The molecular weight excluding hydrogens is 349 g/mol. The van der Waals surface area contributed by atoms with Crippen molar-refractivity contribution in [2.45, 2.75) is 24.9 Å². The molecule has 0 aromatic heterocycles. The maximum Gasteiger partial charge on any atom is 0.253 e. The van der Waals surface area contributed by atoms with E-state index in [9.17, 15) is 14.0 Å². The van der Waals surface area contributed by atoms with Crippen molar-refractivity contribution in [2.24, 2.45) is 0 Å². The monoisotopic (exact) mass is 369 g/mol. The molecule has 0 atom stereocenters. The molecule has 1 fully saturated rings. The Morgan fingerprint density at radius 2 is 1.96 bits per heavy atom. The van der Waals surface area contributed by atoms with E-state index in [0.717, 1.165) is 0 Å². The minimum absolute atomic E-state index is 0.0452. The average Bonchev–Trinajstić information content (AvgIpc) is 2.67. The second kappa shape index (κ2) is 6.68. The Bertz CT molecular complexity index is 903. The van der Waals surface area contributed by atoms with E-state index in [0.29, 0.717) is 55.0 Å². The average molecular weight is 369 g/mol. The van der Waals surface area contributed by atoms with E-state index in [4.69, 9.17) is 9.47 Å². The van der Waals surface area contributed by atoms with E-state index >= 15 is 0 Å². The third kappa shape index (κ3) is 3.27. The van der Waals surface area contributed by atoms with Crippen LogP contribution in [-0.2, 0) is 0 Å². The third-order valence-electron chi connectivity index (χ3n) is 5.33. The minimum atomic E-state index is -0.602. The van der Waals surface area contributed by atoms with Gasteiger partial charge in [-0.1, -0.05) is 6.07 Å². The van der Waals surface area contributed by atoms with Gasteiger partial charge in [-0.3, -0.25) is 9.59 Å². The lowest BCUT2D eigenvalue weighted by atomic mass is 9.82. The smallest absolute Gasteiger partial charge is 0.253 e. The SMILES string of the molecule is COc1ccc2c(c1)OC1(CCN(C(=O)c3cccc(F)c3)CC1)CC2=O. The Labute approximate surface area is 156 Å². The van der Waals surface area contributed by atoms with Crippen LogP contribution in [0.4, 0.5) is 4.39 Å². The van der Waals surface area contributed by atoms with Gasteiger partial charge in [-0.15, -0.1) is 0 Å². The van der Waals surface area contributed by atoms with Gasteiger partial charge in [-0.25, -0.2) is 4.39 Å². The predicted octanol–water partition coefficient (Wildman–Crippen LogP) is 3.47. The lowest BCUT2D eigenvalue weighted by molar-refractivity contribution is -0.00582. The fourth-order valence-corrected chi connectivity index (χ4v) is 3.80. The number of methoxy groups -OCH3 is 1. The van der Waals surface area contributed by atoms with E-state index in [1.165, 1.54) is 18.2 Å². The van der Waals surface area contributed by atoms with Crippen molar-refractivity contribution in [1.29, 1.82) is 0 Å². The second-order valence-corrected chi connectivity index (χ2v) is 7.05. The van der Waals surface area contributed by atoms with Crippen LogP contribution in [0.2, 0.25) is 0 Å². The summed E-state index contributed by atoms with van der Waals surface area (Å²) in [5.41, 5.74) is 0.302. The molecule has 2 aromatic carbocycles. The fourth-order valence-electron chi connectivity index (χ4n) is 3.80. The van der Waals surface area contributed by atoms with Gasteiger partial charge in [0.15, 0.2) is 5.78 Å². The number of ketones is 1. The molecule has 2 aromatic rings. The van der Waals surface area contributed by atoms with Gasteiger partial charge in [0, 0.05) is 37.6 Å². The minimum Gasteiger partial charge on any atom is -0.497 e. The molecule has 2 heterocycles. The molecule has 0 aliphatic carbocycles. The van der Waals surface area contributed by atoms with Gasteiger partial charge < -0.3 is 14.4 Å². The highest BCUT2D eigenvalue weighted by Gasteiger charge is 2.43. The molecule has 6 heteroatoms. The predicted molar refractivity (Wildman–Crippen MR) is 96.8 cm³/mol. The summed E-state index contributed by atoms with van der Waals surface area (Å²) < 4.78 is 24.8. The van der Waals surface area contributed by atoms with Crippen LogP contribution in [0.3, 0.4) is 0 Å². The normalized spacial score (nSPS) is 18.0. The summed E-state index contributed by atoms with van der Waals surface area (Å²) in [7, 11) is 1.57. The van der Waals surface area contributed by atoms with Crippen LogP contribution < -0.4 is 9.47 Å². The van der Waals surface area contributed by atoms with Crippen LogP contribution in [-0.4, -0.2) is 42.4 Å². The number of hydrogen-bond donors (Lipinski definition) is 0. The molecule has 1 amide bonds. The van der Waals surface area contributed by atoms with Gasteiger partial charge in [0.1, 0.15) is 22.9 Å². The number of hydrogen-bond acceptors (Lipinski definition) is 4. The molecule has 0 bridgehead atoms. The highest BCUT2D eigenvalue weighted by atomic mass is 19.1. The summed E-state index contributed by atoms with van der Waals surface area (Å²) in [4.78, 5) is 26.9. The van der Waals surface area contributed by atoms with E-state index in [1.54, 1.807) is 36.3 Å². The number of rotatable bonds is 2. The molecule has 0 saturated carbocycles. The number of benzene rings is 2. The van der Waals surface area contributed by atoms with Gasteiger partial charge in [0.25, 0.3) is 5.91 Å². The van der Waals surface area contributed by atoms with Crippen molar-refractivity contribution in [3.05, 3.63) is 59.4 Å². The molecule has 1 saturated heterocycles. The molecule has 0 radical (unpaired) electrons. The standard InChI is InChI=1S/C21H20FNO4/c1-26-16-5-6-17-18(24)13-21(27-19(17)12-16)7-9-23(10-8-21)20(25)14-3-2-4-15(22)11-14/h2-6,11-12H,7-10,13H2,1H3. The summed E-state index contributed by atoms with van der Waals surface area (Å²) in [6, 6.07) is 10.9. The van der Waals surface area contributed by atoms with E-state index < -0.39 is 11.4 Å². The Hall–Kier alpha value is -2.89. The molecular formula is C21H20FNO4. The molecule has 4 rings (SSSR count). The van der Waals surface area contributed by atoms with Crippen molar-refractivity contribution in [1.82, 2.24) is 4.90 Å². The van der Waals surface area contributed by atoms with Crippen LogP contribution in [0.15, 0.2) is 42.5 Å². The van der Waals surface area contributed by atoms with Crippen molar-refractivity contribution in [3.63, 3.8) is 0 Å². The number of likely N-dealkylation sites (tertiary alicyclic amines) is 1. The highest BCUT2D eigenvalue weighted by molar-refractivity contribution is 6.00. The Morgan fingerprint density at radius 1 is 1.19 bits per heavy atom. The third-order valence-corrected chi connectivity index (χ3v) is 5.33. The molecule has 0 N–H and O–H groups in total. The number of carbonyl (C=O) groups is 2. The summed E-state index contributed by atoms with van der Waals surface area (Å²) in [5.74, 6) is 0.589. The maximum atomic E-state index is 13.4. The Morgan fingerprint density at radius 3 is 2.67 bits per heavy atom. The first kappa shape index (κ1) is 17.5. The number of piperidine rings is 1. The lowest BCUT2D eigenvalue weighted by Gasteiger charge is -2.44. The fraction of sp³-hybridized carbons (Fsp3) is 0.333. The summed E-state index contributed by atoms with van der Waals surface area (Å²) in [6.45, 7) is 0.920. The number of Topliss-reactive ketones (excluding diaryl/α,β-unsaturated/α-hetero) is 1. The number of halogens is 1. The van der Waals surface area contributed by atoms with Crippen LogP contribution in [0.25, 0.3) is 0 Å². The van der Waals surface area contributed by atoms with Gasteiger partial charge in [-0.05, 0) is 30.3 Å². The van der Waals surface area contributed by atoms with E-state index in [2.05, 4.69) is 0 Å². The number of ether oxygens (including phenoxy) is 2. The molecule has 2 aliphatic heterocycles. The van der Waals surface area contributed by atoms with Gasteiger partial charge in [0.05, 0.1) is 19.1 Å². The number of amides is 1. The van der Waals surface area contributed by atoms with Crippen LogP contribution in [0.5, 0.6) is 11.5 Å². The maximum absolute atomic E-state index is 13.4. The van der Waals surface area contributed by atoms with Gasteiger partial charge in [0.2, 0.25) is 0 Å². The van der Waals surface area contributed by atoms with Crippen molar-refractivity contribution < 1.29 is 23.5 Å². The Kier molecular flexibility index (Phi) is 4.34. The number of fused-ring (bicyclic) bond motifs is 1. The second-order valence-electron chi connectivity index (χ2n) is 7.05. The molecule has 0 unspecified atom stereocenters. The molecule has 2 aliphatic rings. The summed E-state index contributed by atoms with van der Waals surface area (Å²) in [5, 5.41) is 0. The number of carbonyl (C=O) groups excluding carboxylic acids is 2. The zero-order valence-electron chi connectivity index (χ0n) is 15.0. The Balaban J connectivity index is 1.50. The molecule has 5 nitrogen and oxygen atoms in total. The quantitative estimate of drug-likeness (QED) is 0.813. The van der Waals surface area contributed by atoms with E-state index in [-0.39, 0.29) is 11.7 Å². The summed E-state index contributed by atoms with van der Waals surface area (Å²) in [6.07, 6.45) is 1.40. The topological polar surface area (TPSA) is 55.8 Å². The van der Waals surface area contributed by atoms with Crippen molar-refractivity contribution in [3.8, 4) is 11.5 Å². The molecule has 27 heavy (non-hydrogen) atoms. The van der Waals surface area contributed by atoms with Crippen molar-refractivity contribution in [2.75, 3.05) is 20.2 Å². The zero-order valence-corrected chi connectivity index (χ0v) is 15.0. The van der Waals surface area contributed by atoms with Gasteiger partial charge >= 0.3 is 0 Å². The largest absolute Gasteiger partial charge is 0.497 e. The highest BCUT2D eigenvalue weighted by Crippen LogP contribution is 2.40. The van der Waals surface area contributed by atoms with Crippen LogP contribution in [0, 0.1) is 5.82 Å².